The van der Waals surface area contributed by atoms with Crippen LogP contribution >= 0.6 is 0 Å². The van der Waals surface area contributed by atoms with Crippen molar-refractivity contribution in [2.45, 2.75) is 45.4 Å². The van der Waals surface area contributed by atoms with Gasteiger partial charge < -0.3 is 10.6 Å². The molecule has 8 heteroatoms. The van der Waals surface area contributed by atoms with Gasteiger partial charge in [-0.2, -0.15) is 0 Å². The maximum Gasteiger partial charge on any atom is 0.274 e. The number of benzene rings is 2. The molecule has 2 aromatic carbocycles. The second kappa shape index (κ2) is 10.4. The van der Waals surface area contributed by atoms with E-state index in [1.165, 1.54) is 10.2 Å². The van der Waals surface area contributed by atoms with Gasteiger partial charge in [0.1, 0.15) is 0 Å². The van der Waals surface area contributed by atoms with E-state index in [2.05, 4.69) is 51.8 Å². The Morgan fingerprint density at radius 1 is 1.15 bits per heavy atom. The number of aromatic nitrogens is 3. The van der Waals surface area contributed by atoms with Crippen molar-refractivity contribution in [3.05, 3.63) is 83.2 Å². The van der Waals surface area contributed by atoms with Gasteiger partial charge >= 0.3 is 0 Å². The van der Waals surface area contributed by atoms with E-state index in [-0.39, 0.29) is 29.2 Å². The molecule has 0 fully saturated rings. The molecule has 4 rings (SSSR count). The smallest absolute Gasteiger partial charge is 0.274 e. The highest BCUT2D eigenvalue weighted by molar-refractivity contribution is 6.05. The third-order valence-corrected chi connectivity index (χ3v) is 5.89. The molecule has 172 valence electrons. The van der Waals surface area contributed by atoms with Gasteiger partial charge in [0, 0.05) is 25.7 Å². The first-order valence-corrected chi connectivity index (χ1v) is 11.4. The number of nitrogens with zero attached hydrogens (tertiary/aromatic N) is 4. The van der Waals surface area contributed by atoms with E-state index >= 15 is 0 Å². The zero-order valence-corrected chi connectivity index (χ0v) is 19.1. The summed E-state index contributed by atoms with van der Waals surface area (Å²) in [4.78, 5) is 27.8. The lowest BCUT2D eigenvalue weighted by Crippen LogP contribution is -2.40. The molecule has 2 N–H and O–H groups in total. The first-order chi connectivity index (χ1) is 16.0. The Morgan fingerprint density at radius 2 is 1.85 bits per heavy atom. The van der Waals surface area contributed by atoms with Crippen LogP contribution in [0.4, 0.5) is 0 Å². The molecule has 1 unspecified atom stereocenters. The minimum atomic E-state index is -0.372. The molecule has 0 spiro atoms. The van der Waals surface area contributed by atoms with Crippen LogP contribution in [0, 0.1) is 0 Å². The van der Waals surface area contributed by atoms with Gasteiger partial charge in [0.15, 0.2) is 11.4 Å². The maximum atomic E-state index is 12.7. The first kappa shape index (κ1) is 22.7. The van der Waals surface area contributed by atoms with Gasteiger partial charge in [-0.25, -0.2) is 4.68 Å². The molecule has 2 heterocycles. The molecule has 0 aliphatic carbocycles. The molecule has 1 aliphatic rings. The molecule has 1 aliphatic heterocycles. The van der Waals surface area contributed by atoms with Gasteiger partial charge in [-0.05, 0) is 31.4 Å². The fourth-order valence-electron chi connectivity index (χ4n) is 4.04. The lowest BCUT2D eigenvalue weighted by Gasteiger charge is -2.26. The molecule has 2 amide bonds. The number of amides is 2. The lowest BCUT2D eigenvalue weighted by molar-refractivity contribution is 0.0876. The summed E-state index contributed by atoms with van der Waals surface area (Å²) in [5.41, 5.74) is 2.55. The summed E-state index contributed by atoms with van der Waals surface area (Å²) < 4.78 is 1.52. The van der Waals surface area contributed by atoms with E-state index in [4.69, 9.17) is 0 Å². The van der Waals surface area contributed by atoms with Crippen molar-refractivity contribution in [3.63, 3.8) is 0 Å². The van der Waals surface area contributed by atoms with E-state index < -0.39 is 0 Å². The average Bonchev–Trinajstić information content (AvgIpc) is 3.27. The highest BCUT2D eigenvalue weighted by Crippen LogP contribution is 2.21. The van der Waals surface area contributed by atoms with E-state index in [9.17, 15) is 9.59 Å². The number of hydrogen-bond acceptors (Lipinski definition) is 5. The summed E-state index contributed by atoms with van der Waals surface area (Å²) in [5, 5.41) is 13.9. The summed E-state index contributed by atoms with van der Waals surface area (Å²) in [6, 6.07) is 20.3. The molecular weight excluding hydrogens is 416 g/mol. The van der Waals surface area contributed by atoms with E-state index in [0.717, 1.165) is 25.1 Å². The SMILES string of the molecule is CC(C)N(CCCNC(=O)c1nnn2c1C(=O)NC(c1ccccc1)C2)Cc1ccccc1. The van der Waals surface area contributed by atoms with Crippen LogP contribution in [0.1, 0.15) is 58.4 Å². The van der Waals surface area contributed by atoms with Crippen LogP contribution in [0.2, 0.25) is 0 Å². The molecule has 0 saturated heterocycles. The van der Waals surface area contributed by atoms with Crippen molar-refractivity contribution in [2.24, 2.45) is 0 Å². The van der Waals surface area contributed by atoms with Crippen molar-refractivity contribution in [3.8, 4) is 0 Å². The molecule has 0 bridgehead atoms. The monoisotopic (exact) mass is 446 g/mol. The Balaban J connectivity index is 1.32. The summed E-state index contributed by atoms with van der Waals surface area (Å²) >= 11 is 0. The van der Waals surface area contributed by atoms with Gasteiger partial charge in [-0.15, -0.1) is 5.10 Å². The fraction of sp³-hybridized carbons (Fsp3) is 0.360. The Bertz CT molecular complexity index is 1080. The number of carbonyl (C=O) groups is 2. The fourth-order valence-corrected chi connectivity index (χ4v) is 4.04. The topological polar surface area (TPSA) is 92.2 Å². The lowest BCUT2D eigenvalue weighted by atomic mass is 10.0. The molecule has 1 aromatic heterocycles. The van der Waals surface area contributed by atoms with Gasteiger partial charge in [0.2, 0.25) is 0 Å². The second-order valence-electron chi connectivity index (χ2n) is 8.56. The summed E-state index contributed by atoms with van der Waals surface area (Å²) in [5.74, 6) is -0.706. The molecule has 0 radical (unpaired) electrons. The Hall–Kier alpha value is -3.52. The number of hydrogen-bond donors (Lipinski definition) is 2. The van der Waals surface area contributed by atoms with Crippen molar-refractivity contribution < 1.29 is 9.59 Å². The number of nitrogens with one attached hydrogen (secondary N) is 2. The maximum absolute atomic E-state index is 12.7. The Kier molecular flexibility index (Phi) is 7.14. The molecule has 8 nitrogen and oxygen atoms in total. The Labute approximate surface area is 194 Å². The predicted molar refractivity (Wildman–Crippen MR) is 126 cm³/mol. The van der Waals surface area contributed by atoms with Crippen LogP contribution in [0.5, 0.6) is 0 Å². The molecule has 3 aromatic rings. The highest BCUT2D eigenvalue weighted by atomic mass is 16.2. The highest BCUT2D eigenvalue weighted by Gasteiger charge is 2.32. The standard InChI is InChI=1S/C25H30N6O2/c1-18(2)30(16-19-10-5-3-6-11-19)15-9-14-26-24(32)22-23-25(33)27-21(17-31(23)29-28-22)20-12-7-4-8-13-20/h3-8,10-13,18,21H,9,14-17H2,1-2H3,(H,26,32)(H,27,33). The minimum Gasteiger partial charge on any atom is -0.351 e. The molecule has 1 atom stereocenters. The van der Waals surface area contributed by atoms with Gasteiger partial charge in [-0.3, -0.25) is 14.5 Å². The summed E-state index contributed by atoms with van der Waals surface area (Å²) in [7, 11) is 0. The van der Waals surface area contributed by atoms with Crippen LogP contribution in [0.3, 0.4) is 0 Å². The van der Waals surface area contributed by atoms with Gasteiger partial charge in [0.05, 0.1) is 12.6 Å². The van der Waals surface area contributed by atoms with Crippen molar-refractivity contribution in [2.75, 3.05) is 13.1 Å². The summed E-state index contributed by atoms with van der Waals surface area (Å²) in [6.07, 6.45) is 0.794. The average molecular weight is 447 g/mol. The zero-order valence-electron chi connectivity index (χ0n) is 19.1. The Morgan fingerprint density at radius 3 is 2.55 bits per heavy atom. The normalized spacial score (nSPS) is 15.4. The van der Waals surface area contributed by atoms with Crippen LogP contribution in [-0.2, 0) is 13.1 Å². The molecular formula is C25H30N6O2. The molecule has 33 heavy (non-hydrogen) atoms. The largest absolute Gasteiger partial charge is 0.351 e. The van der Waals surface area contributed by atoms with Crippen molar-refractivity contribution in [1.82, 2.24) is 30.5 Å². The van der Waals surface area contributed by atoms with Crippen molar-refractivity contribution >= 4 is 11.8 Å². The van der Waals surface area contributed by atoms with Crippen LogP contribution < -0.4 is 10.6 Å². The van der Waals surface area contributed by atoms with Crippen molar-refractivity contribution in [1.29, 1.82) is 0 Å². The zero-order chi connectivity index (χ0) is 23.2. The predicted octanol–water partition coefficient (Wildman–Crippen LogP) is 2.79. The van der Waals surface area contributed by atoms with Crippen LogP contribution in [0.25, 0.3) is 0 Å². The minimum absolute atomic E-state index is 0.0732. The first-order valence-electron chi connectivity index (χ1n) is 11.4. The van der Waals surface area contributed by atoms with Gasteiger partial charge in [-0.1, -0.05) is 65.9 Å². The van der Waals surface area contributed by atoms with E-state index in [1.807, 2.05) is 48.5 Å². The number of carbonyl (C=O) groups excluding carboxylic acids is 2. The number of rotatable bonds is 9. The van der Waals surface area contributed by atoms with Gasteiger partial charge in [0.25, 0.3) is 11.8 Å². The summed E-state index contributed by atoms with van der Waals surface area (Å²) in [6.45, 7) is 7.00. The third kappa shape index (κ3) is 5.46. The second-order valence-corrected chi connectivity index (χ2v) is 8.56. The quantitative estimate of drug-likeness (QED) is 0.493. The third-order valence-electron chi connectivity index (χ3n) is 5.89. The van der Waals surface area contributed by atoms with Crippen LogP contribution in [0.15, 0.2) is 60.7 Å². The van der Waals surface area contributed by atoms with Crippen LogP contribution in [-0.4, -0.2) is 50.8 Å². The molecule has 0 saturated carbocycles. The van der Waals surface area contributed by atoms with E-state index in [1.54, 1.807) is 0 Å². The van der Waals surface area contributed by atoms with E-state index in [0.29, 0.717) is 19.1 Å². The number of fused-ring (bicyclic) bond motifs is 1.